The van der Waals surface area contributed by atoms with E-state index in [2.05, 4.69) is 4.98 Å². The van der Waals surface area contributed by atoms with Gasteiger partial charge in [0.2, 0.25) is 10.0 Å². The Morgan fingerprint density at radius 1 is 1.35 bits per heavy atom. The molecule has 2 aromatic rings. The molecule has 0 fully saturated rings. The first-order chi connectivity index (χ1) is 9.34. The molecule has 0 aliphatic carbocycles. The van der Waals surface area contributed by atoms with E-state index in [1.54, 1.807) is 45.4 Å². The van der Waals surface area contributed by atoms with Crippen molar-refractivity contribution in [3.05, 3.63) is 47.7 Å². The average molecular weight is 294 g/mol. The van der Waals surface area contributed by atoms with Gasteiger partial charge in [0.1, 0.15) is 16.4 Å². The van der Waals surface area contributed by atoms with Crippen molar-refractivity contribution in [3.63, 3.8) is 0 Å². The van der Waals surface area contributed by atoms with Crippen LogP contribution in [0.3, 0.4) is 0 Å². The van der Waals surface area contributed by atoms with Crippen LogP contribution in [-0.2, 0) is 10.0 Å². The number of sulfonamides is 1. The van der Waals surface area contributed by atoms with Gasteiger partial charge in [-0.05, 0) is 38.5 Å². The molecule has 0 spiro atoms. The minimum absolute atomic E-state index is 0.216. The smallest absolute Gasteiger partial charge is 0.246 e. The largest absolute Gasteiger partial charge is 0.465 e. The lowest BCUT2D eigenvalue weighted by atomic mass is 10.1. The van der Waals surface area contributed by atoms with Gasteiger partial charge in [-0.2, -0.15) is 4.31 Å². The highest BCUT2D eigenvalue weighted by atomic mass is 32.2. The number of hydrogen-bond acceptors (Lipinski definition) is 4. The topological polar surface area (TPSA) is 63.4 Å². The van der Waals surface area contributed by atoms with Gasteiger partial charge >= 0.3 is 0 Å². The van der Waals surface area contributed by atoms with E-state index in [4.69, 9.17) is 4.42 Å². The Kier molecular flexibility index (Phi) is 3.96. The second-order valence-corrected chi connectivity index (χ2v) is 6.73. The van der Waals surface area contributed by atoms with Gasteiger partial charge in [-0.1, -0.05) is 6.07 Å². The number of hydrogen-bond donors (Lipinski definition) is 0. The Balaban J connectivity index is 2.37. The van der Waals surface area contributed by atoms with Crippen LogP contribution in [0, 0.1) is 13.8 Å². The van der Waals surface area contributed by atoms with Crippen LogP contribution in [0.2, 0.25) is 0 Å². The van der Waals surface area contributed by atoms with Crippen LogP contribution in [-0.4, -0.2) is 24.8 Å². The molecule has 0 radical (unpaired) electrons. The van der Waals surface area contributed by atoms with E-state index in [0.717, 1.165) is 5.56 Å². The summed E-state index contributed by atoms with van der Waals surface area (Å²) in [5, 5.41) is 0. The summed E-state index contributed by atoms with van der Waals surface area (Å²) in [6.45, 7) is 5.22. The van der Waals surface area contributed by atoms with Gasteiger partial charge in [0, 0.05) is 25.5 Å². The first kappa shape index (κ1) is 14.7. The van der Waals surface area contributed by atoms with Crippen LogP contribution in [0.4, 0.5) is 0 Å². The van der Waals surface area contributed by atoms with Gasteiger partial charge in [-0.15, -0.1) is 0 Å². The molecular formula is C14H18N2O3S. The maximum Gasteiger partial charge on any atom is 0.246 e. The van der Waals surface area contributed by atoms with Crippen molar-refractivity contribution in [1.29, 1.82) is 0 Å². The molecular weight excluding hydrogens is 276 g/mol. The highest BCUT2D eigenvalue weighted by molar-refractivity contribution is 7.89. The number of nitrogens with zero attached hydrogens (tertiary/aromatic N) is 2. The lowest BCUT2D eigenvalue weighted by molar-refractivity contribution is 0.396. The Bertz CT molecular complexity index is 692. The average Bonchev–Trinajstić information content (AvgIpc) is 2.77. The molecule has 2 heterocycles. The van der Waals surface area contributed by atoms with Crippen molar-refractivity contribution < 1.29 is 12.8 Å². The first-order valence-corrected chi connectivity index (χ1v) is 7.73. The van der Waals surface area contributed by atoms with Crippen LogP contribution in [0.15, 0.2) is 39.9 Å². The maximum absolute atomic E-state index is 12.6. The highest BCUT2D eigenvalue weighted by Crippen LogP contribution is 2.28. The number of furan rings is 1. The van der Waals surface area contributed by atoms with Gasteiger partial charge in [0.25, 0.3) is 0 Å². The zero-order chi connectivity index (χ0) is 14.9. The lowest BCUT2D eigenvalue weighted by Crippen LogP contribution is -2.30. The molecule has 0 saturated heterocycles. The lowest BCUT2D eigenvalue weighted by Gasteiger charge is -2.24. The van der Waals surface area contributed by atoms with Crippen LogP contribution in [0.5, 0.6) is 0 Å². The predicted octanol–water partition coefficient (Wildman–Crippen LogP) is 2.67. The summed E-state index contributed by atoms with van der Waals surface area (Å²) in [4.78, 5) is 4.24. The summed E-state index contributed by atoms with van der Waals surface area (Å²) in [6.07, 6.45) is 3.33. The van der Waals surface area contributed by atoms with E-state index in [0.29, 0.717) is 11.5 Å². The molecule has 0 aliphatic heterocycles. The summed E-state index contributed by atoms with van der Waals surface area (Å²) in [7, 11) is -2.02. The predicted molar refractivity (Wildman–Crippen MR) is 75.8 cm³/mol. The Labute approximate surface area is 119 Å². The van der Waals surface area contributed by atoms with E-state index < -0.39 is 10.0 Å². The van der Waals surface area contributed by atoms with Gasteiger partial charge in [-0.25, -0.2) is 8.42 Å². The van der Waals surface area contributed by atoms with Gasteiger partial charge in [0.15, 0.2) is 0 Å². The number of aromatic nitrogens is 1. The summed E-state index contributed by atoms with van der Waals surface area (Å²) in [5.74, 6) is 0.997. The quantitative estimate of drug-likeness (QED) is 0.869. The normalized spacial score (nSPS) is 13.7. The number of aryl methyl sites for hydroxylation is 2. The van der Waals surface area contributed by atoms with Crippen LogP contribution in [0.1, 0.15) is 30.0 Å². The third kappa shape index (κ3) is 2.62. The monoisotopic (exact) mass is 294 g/mol. The Morgan fingerprint density at radius 3 is 2.55 bits per heavy atom. The van der Waals surface area contributed by atoms with Crippen LogP contribution < -0.4 is 0 Å². The Morgan fingerprint density at radius 2 is 2.05 bits per heavy atom. The Hall–Kier alpha value is -1.66. The maximum atomic E-state index is 12.6. The van der Waals surface area contributed by atoms with Crippen molar-refractivity contribution in [2.75, 3.05) is 7.05 Å². The molecule has 0 aliphatic rings. The van der Waals surface area contributed by atoms with Crippen molar-refractivity contribution in [3.8, 4) is 0 Å². The second kappa shape index (κ2) is 5.38. The summed E-state index contributed by atoms with van der Waals surface area (Å²) in [5.41, 5.74) is 0.844. The van der Waals surface area contributed by atoms with Gasteiger partial charge in [0.05, 0.1) is 0 Å². The molecule has 6 heteroatoms. The van der Waals surface area contributed by atoms with Crippen molar-refractivity contribution in [2.24, 2.45) is 0 Å². The van der Waals surface area contributed by atoms with Crippen LogP contribution >= 0.6 is 0 Å². The highest BCUT2D eigenvalue weighted by Gasteiger charge is 2.29. The number of pyridine rings is 1. The number of rotatable bonds is 4. The summed E-state index contributed by atoms with van der Waals surface area (Å²) >= 11 is 0. The second-order valence-electron chi connectivity index (χ2n) is 4.76. The molecule has 2 aromatic heterocycles. The fraction of sp³-hybridized carbons (Fsp3) is 0.357. The fourth-order valence-electron chi connectivity index (χ4n) is 2.06. The molecule has 2 rings (SSSR count). The molecule has 1 atom stereocenters. The van der Waals surface area contributed by atoms with E-state index in [-0.39, 0.29) is 10.9 Å². The molecule has 0 saturated carbocycles. The summed E-state index contributed by atoms with van der Waals surface area (Å²) < 4.78 is 31.9. The first-order valence-electron chi connectivity index (χ1n) is 6.29. The van der Waals surface area contributed by atoms with E-state index >= 15 is 0 Å². The molecule has 0 unspecified atom stereocenters. The molecule has 20 heavy (non-hydrogen) atoms. The molecule has 0 N–H and O–H groups in total. The third-order valence-corrected chi connectivity index (χ3v) is 5.40. The standard InChI is InChI=1S/C14H18N2O3S/c1-10-8-14(12(3)19-10)20(17,18)16(4)11(2)13-6-5-7-15-9-13/h5-9,11H,1-4H3/t11-/m0/s1. The molecule has 0 bridgehead atoms. The van der Waals surface area contributed by atoms with Crippen molar-refractivity contribution >= 4 is 10.0 Å². The van der Waals surface area contributed by atoms with Crippen LogP contribution in [0.25, 0.3) is 0 Å². The third-order valence-electron chi connectivity index (χ3n) is 3.36. The fourth-order valence-corrected chi connectivity index (χ4v) is 3.63. The van der Waals surface area contributed by atoms with E-state index in [1.807, 2.05) is 13.0 Å². The van der Waals surface area contributed by atoms with Crippen molar-refractivity contribution in [2.45, 2.75) is 31.7 Å². The zero-order valence-electron chi connectivity index (χ0n) is 12.0. The van der Waals surface area contributed by atoms with E-state index in [9.17, 15) is 8.42 Å². The van der Waals surface area contributed by atoms with Gasteiger partial charge < -0.3 is 4.42 Å². The van der Waals surface area contributed by atoms with E-state index in [1.165, 1.54) is 4.31 Å². The molecule has 5 nitrogen and oxygen atoms in total. The SMILES string of the molecule is Cc1cc(S(=O)(=O)N(C)[C@@H](C)c2cccnc2)c(C)o1. The zero-order valence-corrected chi connectivity index (χ0v) is 12.8. The molecule has 0 aromatic carbocycles. The minimum Gasteiger partial charge on any atom is -0.465 e. The molecule has 0 amide bonds. The summed E-state index contributed by atoms with van der Waals surface area (Å²) in [6, 6.07) is 4.90. The van der Waals surface area contributed by atoms with Crippen molar-refractivity contribution in [1.82, 2.24) is 9.29 Å². The molecule has 108 valence electrons. The van der Waals surface area contributed by atoms with Gasteiger partial charge in [-0.3, -0.25) is 4.98 Å². The minimum atomic E-state index is -3.58.